The molecule has 0 aromatic heterocycles. The molecule has 22 heteroatoms. The first-order chi connectivity index (χ1) is 20.5. The maximum atomic E-state index is 12.0. The van der Waals surface area contributed by atoms with E-state index in [4.69, 9.17) is 11.4 Å². The lowest BCUT2D eigenvalue weighted by Gasteiger charge is -2.04. The van der Waals surface area contributed by atoms with Crippen molar-refractivity contribution >= 4 is 173 Å². The molecule has 42 heavy (non-hydrogen) atoms. The first-order valence-corrected chi connectivity index (χ1v) is 26.6. The number of aliphatic hydroxyl groups excluding tert-OH is 1. The summed E-state index contributed by atoms with van der Waals surface area (Å²) in [5.74, 6) is 5.86. The molecular formula is C20H36N4O5S13. The maximum absolute atomic E-state index is 12.0. The molecule has 0 aromatic carbocycles. The molecule has 0 aromatic rings. The van der Waals surface area contributed by atoms with Crippen LogP contribution >= 0.6 is 129 Å². The van der Waals surface area contributed by atoms with Crippen molar-refractivity contribution in [2.45, 2.75) is 0 Å². The summed E-state index contributed by atoms with van der Waals surface area (Å²) in [6, 6.07) is 0. The summed E-state index contributed by atoms with van der Waals surface area (Å²) in [6.45, 7) is 0. The van der Waals surface area contributed by atoms with Crippen LogP contribution in [0.3, 0.4) is 0 Å². The number of carbonyl (C=O) groups is 2. The molecule has 0 saturated heterocycles. The van der Waals surface area contributed by atoms with E-state index in [2.05, 4.69) is 20.6 Å². The summed E-state index contributed by atoms with van der Waals surface area (Å²) < 4.78 is 23.6. The van der Waals surface area contributed by atoms with Crippen LogP contribution in [0.5, 0.6) is 0 Å². The van der Waals surface area contributed by atoms with Crippen LogP contribution in [-0.4, -0.2) is 118 Å². The highest BCUT2D eigenvalue weighted by Crippen LogP contribution is 2.18. The fraction of sp³-hybridized carbons (Fsp3) is 0.750. The summed E-state index contributed by atoms with van der Waals surface area (Å²) in [4.78, 5) is 31.9. The molecule has 0 saturated carbocycles. The Balaban J connectivity index is 3.49. The molecule has 2 unspecified atom stereocenters. The van der Waals surface area contributed by atoms with Crippen LogP contribution in [0.15, 0.2) is 9.98 Å². The number of hydrogen-bond acceptors (Lipinski definition) is 18. The second-order valence-electron chi connectivity index (χ2n) is 6.55. The van der Waals surface area contributed by atoms with Crippen molar-refractivity contribution in [1.29, 1.82) is 0 Å². The van der Waals surface area contributed by atoms with Gasteiger partial charge in [0.1, 0.15) is 0 Å². The van der Waals surface area contributed by atoms with Gasteiger partial charge in [-0.1, -0.05) is 23.5 Å². The third-order valence-corrected chi connectivity index (χ3v) is 17.1. The van der Waals surface area contributed by atoms with E-state index in [9.17, 15) is 18.0 Å². The molecule has 2 atom stereocenters. The molecule has 244 valence electrons. The predicted molar refractivity (Wildman–Crippen MR) is 213 cm³/mol. The molecule has 2 radical (unpaired) electrons. The highest BCUT2D eigenvalue weighted by Gasteiger charge is 2.04. The molecule has 9 nitrogen and oxygen atoms in total. The van der Waals surface area contributed by atoms with Crippen LogP contribution in [0.1, 0.15) is 0 Å². The molecule has 0 heterocycles. The Hall–Kier alpha value is 2.39. The SMILES string of the molecule is [CH]SCSCS(=O)/C=N\CSCCSCNC(=O)SCSCS(=O)/C=N\CSCCSCNC(=O)SCSCSCO. The molecule has 0 aliphatic heterocycles. The zero-order valence-electron chi connectivity index (χ0n) is 22.6. The van der Waals surface area contributed by atoms with Gasteiger partial charge in [0.15, 0.2) is 0 Å². The van der Waals surface area contributed by atoms with Gasteiger partial charge in [0.2, 0.25) is 0 Å². The topological polar surface area (TPSA) is 137 Å². The van der Waals surface area contributed by atoms with Crippen molar-refractivity contribution in [3.8, 4) is 0 Å². The zero-order chi connectivity index (χ0) is 30.9. The number of thioether (sulfide) groups is 11. The van der Waals surface area contributed by atoms with Gasteiger partial charge in [-0.25, -0.2) is 0 Å². The lowest BCUT2D eigenvalue weighted by atomic mass is 11.0. The van der Waals surface area contributed by atoms with Crippen molar-refractivity contribution in [2.75, 3.05) is 83.0 Å². The van der Waals surface area contributed by atoms with E-state index in [1.54, 1.807) is 58.8 Å². The van der Waals surface area contributed by atoms with Crippen molar-refractivity contribution in [1.82, 2.24) is 10.6 Å². The number of amides is 2. The third kappa shape index (κ3) is 35.2. The first kappa shape index (κ1) is 44.4. The van der Waals surface area contributed by atoms with E-state index >= 15 is 0 Å². The highest BCUT2D eigenvalue weighted by molar-refractivity contribution is 8.27. The van der Waals surface area contributed by atoms with Crippen LogP contribution in [0.4, 0.5) is 9.59 Å². The molecule has 0 rings (SSSR count). The van der Waals surface area contributed by atoms with Crippen LogP contribution < -0.4 is 10.6 Å². The Morgan fingerprint density at radius 2 is 1.14 bits per heavy atom. The minimum Gasteiger partial charge on any atom is -0.386 e. The number of carbonyl (C=O) groups excluding carboxylic acids is 2. The molecule has 0 bridgehead atoms. The van der Waals surface area contributed by atoms with Crippen LogP contribution in [-0.2, 0) is 21.6 Å². The van der Waals surface area contributed by atoms with Crippen LogP contribution in [0, 0.1) is 6.26 Å². The Morgan fingerprint density at radius 3 is 1.64 bits per heavy atom. The number of aliphatic hydroxyl groups is 1. The molecule has 2 amide bonds. The lowest BCUT2D eigenvalue weighted by Crippen LogP contribution is -2.18. The number of aliphatic imine (C=N–C) groups is 2. The number of hydrogen-bond donors (Lipinski definition) is 3. The van der Waals surface area contributed by atoms with Crippen molar-refractivity contribution in [2.24, 2.45) is 9.98 Å². The predicted octanol–water partition coefficient (Wildman–Crippen LogP) is 6.22. The normalized spacial score (nSPS) is 13.1. The van der Waals surface area contributed by atoms with E-state index in [-0.39, 0.29) is 16.4 Å². The first-order valence-electron chi connectivity index (χ1n) is 11.6. The molecular weight excluding hydrogens is 793 g/mol. The molecule has 0 aliphatic rings. The van der Waals surface area contributed by atoms with Crippen LogP contribution in [0.2, 0.25) is 0 Å². The smallest absolute Gasteiger partial charge is 0.280 e. The minimum atomic E-state index is -1.17. The number of nitrogens with one attached hydrogen (secondary N) is 2. The number of rotatable bonds is 29. The number of nitrogens with zero attached hydrogens (tertiary/aromatic N) is 2. The van der Waals surface area contributed by atoms with Crippen molar-refractivity contribution in [3.63, 3.8) is 0 Å². The third-order valence-electron chi connectivity index (χ3n) is 3.45. The van der Waals surface area contributed by atoms with Gasteiger partial charge in [-0.15, -0.1) is 106 Å². The summed E-state index contributed by atoms with van der Waals surface area (Å²) in [5.41, 5.74) is 2.96. The second-order valence-corrected chi connectivity index (χ2v) is 22.1. The van der Waals surface area contributed by atoms with Gasteiger partial charge in [0.25, 0.3) is 10.5 Å². The van der Waals surface area contributed by atoms with Crippen molar-refractivity contribution in [3.05, 3.63) is 6.26 Å². The quantitative estimate of drug-likeness (QED) is 0.0340. The van der Waals surface area contributed by atoms with E-state index in [0.29, 0.717) is 43.8 Å². The molecule has 0 fully saturated rings. The monoisotopic (exact) mass is 828 g/mol. The molecule has 0 spiro atoms. The Kier molecular flexibility index (Phi) is 38.3. The second kappa shape index (κ2) is 36.2. The Bertz CT molecular complexity index is 787. The van der Waals surface area contributed by atoms with E-state index in [0.717, 1.165) is 33.2 Å². The molecule has 0 aliphatic carbocycles. The van der Waals surface area contributed by atoms with Gasteiger partial charge < -0.3 is 15.7 Å². The van der Waals surface area contributed by atoms with Gasteiger partial charge in [0, 0.05) is 49.6 Å². The summed E-state index contributed by atoms with van der Waals surface area (Å²) in [7, 11) is -2.23. The summed E-state index contributed by atoms with van der Waals surface area (Å²) in [5, 5.41) is 17.8. The fourth-order valence-electron chi connectivity index (χ4n) is 1.83. The van der Waals surface area contributed by atoms with Crippen LogP contribution in [0.25, 0.3) is 0 Å². The zero-order valence-corrected chi connectivity index (χ0v) is 33.2. The average Bonchev–Trinajstić information content (AvgIpc) is 2.97. The minimum absolute atomic E-state index is 0.0375. The van der Waals surface area contributed by atoms with E-state index < -0.39 is 21.6 Å². The van der Waals surface area contributed by atoms with Crippen molar-refractivity contribution < 1.29 is 23.1 Å². The fourth-order valence-corrected chi connectivity index (χ4v) is 13.4. The van der Waals surface area contributed by atoms with E-state index in [1.165, 1.54) is 81.7 Å². The van der Waals surface area contributed by atoms with Gasteiger partial charge in [-0.05, 0) is 0 Å². The summed E-state index contributed by atoms with van der Waals surface area (Å²) >= 11 is 16.2. The Morgan fingerprint density at radius 1 is 0.667 bits per heavy atom. The van der Waals surface area contributed by atoms with Gasteiger partial charge in [-0.3, -0.25) is 28.0 Å². The average molecular weight is 829 g/mol. The largest absolute Gasteiger partial charge is 0.386 e. The van der Waals surface area contributed by atoms with Gasteiger partial charge >= 0.3 is 0 Å². The maximum Gasteiger partial charge on any atom is 0.280 e. The van der Waals surface area contributed by atoms with Gasteiger partial charge in [0.05, 0.1) is 72.3 Å². The van der Waals surface area contributed by atoms with E-state index in [1.807, 2.05) is 0 Å². The standard InChI is InChI=1S/C20H36N4O5S13/c1-30-13-37-17-41(28)10-21-6-31-3-5-34-9-24-20(27)40-16-38-18-42(29)11-22-7-32-2-4-33-8-23-19(26)39-15-36-14-35-12-25/h1,10-11,25H,2-9,12-18H2,(H,23,26)(H,24,27)/b21-10-,22-11-. The molecule has 3 N–H and O–H groups in total. The Labute approximate surface area is 302 Å². The lowest BCUT2D eigenvalue weighted by molar-refractivity contribution is 0.261. The highest BCUT2D eigenvalue weighted by atomic mass is 32.3. The summed E-state index contributed by atoms with van der Waals surface area (Å²) in [6.07, 6.45) is 5.31. The van der Waals surface area contributed by atoms with Gasteiger partial charge in [-0.2, -0.15) is 0 Å².